The van der Waals surface area contributed by atoms with Crippen LogP contribution in [-0.2, 0) is 4.79 Å². The lowest BCUT2D eigenvalue weighted by Gasteiger charge is -2.04. The molecule has 0 bridgehead atoms. The van der Waals surface area contributed by atoms with E-state index in [2.05, 4.69) is 0 Å². The molecule has 0 aromatic carbocycles. The van der Waals surface area contributed by atoms with Crippen molar-refractivity contribution in [3.8, 4) is 0 Å². The Bertz CT molecular complexity index is 162. The summed E-state index contributed by atoms with van der Waals surface area (Å²) in [6.07, 6.45) is 1.86. The first-order chi connectivity index (χ1) is 4.20. The summed E-state index contributed by atoms with van der Waals surface area (Å²) < 4.78 is 0. The van der Waals surface area contributed by atoms with Gasteiger partial charge < -0.3 is 5.73 Å². The maximum atomic E-state index is 10.5. The molecule has 3 heteroatoms. The summed E-state index contributed by atoms with van der Waals surface area (Å²) in [6.45, 7) is 1.55. The summed E-state index contributed by atoms with van der Waals surface area (Å²) in [5.74, 6) is -0.292. The summed E-state index contributed by atoms with van der Waals surface area (Å²) in [5, 5.41) is 0. The van der Waals surface area contributed by atoms with E-state index in [-0.39, 0.29) is 5.91 Å². The van der Waals surface area contributed by atoms with E-state index in [9.17, 15) is 4.79 Å². The number of hydrogen-bond donors (Lipinski definition) is 1. The second kappa shape index (κ2) is 2.19. The Labute approximate surface area is 54.1 Å². The van der Waals surface area contributed by atoms with Gasteiger partial charge >= 0.3 is 0 Å². The Kier molecular flexibility index (Phi) is 1.53. The summed E-state index contributed by atoms with van der Waals surface area (Å²) in [5.41, 5.74) is 5.76. The highest BCUT2D eigenvalue weighted by Crippen LogP contribution is 2.04. The molecule has 0 unspecified atom stereocenters. The monoisotopic (exact) mass is 126 g/mol. The fourth-order valence-corrected chi connectivity index (χ4v) is 0.864. The highest BCUT2D eigenvalue weighted by molar-refractivity contribution is 5.92. The molecular weight excluding hydrogens is 116 g/mol. The predicted molar refractivity (Wildman–Crippen MR) is 34.8 cm³/mol. The molecule has 2 N–H and O–H groups in total. The lowest BCUT2D eigenvalue weighted by Crippen LogP contribution is -2.20. The van der Waals surface area contributed by atoms with Crippen molar-refractivity contribution >= 4 is 5.91 Å². The molecule has 1 rings (SSSR count). The van der Waals surface area contributed by atoms with Crippen molar-refractivity contribution in [3.63, 3.8) is 0 Å². The van der Waals surface area contributed by atoms with Gasteiger partial charge in [-0.15, -0.1) is 0 Å². The van der Waals surface area contributed by atoms with Gasteiger partial charge in [-0.3, -0.25) is 9.69 Å². The van der Waals surface area contributed by atoms with Crippen molar-refractivity contribution < 1.29 is 4.79 Å². The van der Waals surface area contributed by atoms with E-state index in [4.69, 9.17) is 5.73 Å². The second-order valence-corrected chi connectivity index (χ2v) is 2.29. The first-order valence-corrected chi connectivity index (χ1v) is 2.87. The normalized spacial score (nSPS) is 19.9. The van der Waals surface area contributed by atoms with Gasteiger partial charge in [-0.2, -0.15) is 0 Å². The molecule has 0 aliphatic carbocycles. The molecule has 1 amide bonds. The average Bonchev–Trinajstić information content (AvgIpc) is 2.14. The second-order valence-electron chi connectivity index (χ2n) is 2.29. The lowest BCUT2D eigenvalue weighted by atomic mass is 10.3. The van der Waals surface area contributed by atoms with Gasteiger partial charge in [0.2, 0.25) is 5.91 Å². The van der Waals surface area contributed by atoms with Gasteiger partial charge in [-0.1, -0.05) is 6.08 Å². The zero-order valence-electron chi connectivity index (χ0n) is 5.42. The molecule has 0 aromatic rings. The van der Waals surface area contributed by atoms with Crippen molar-refractivity contribution in [2.24, 2.45) is 5.73 Å². The van der Waals surface area contributed by atoms with E-state index < -0.39 is 0 Å². The predicted octanol–water partition coefficient (Wildman–Crippen LogP) is -0.656. The number of rotatable bonds is 1. The Balaban J connectivity index is 2.55. The van der Waals surface area contributed by atoms with E-state index in [1.54, 1.807) is 0 Å². The Morgan fingerprint density at radius 2 is 2.56 bits per heavy atom. The summed E-state index contributed by atoms with van der Waals surface area (Å²) >= 11 is 0. The summed E-state index contributed by atoms with van der Waals surface area (Å²) in [4.78, 5) is 12.5. The fourth-order valence-electron chi connectivity index (χ4n) is 0.864. The molecular formula is C6H10N2O. The first-order valence-electron chi connectivity index (χ1n) is 2.87. The van der Waals surface area contributed by atoms with Crippen LogP contribution in [-0.4, -0.2) is 30.9 Å². The van der Waals surface area contributed by atoms with Crippen LogP contribution in [0.25, 0.3) is 0 Å². The third kappa shape index (κ3) is 1.29. The van der Waals surface area contributed by atoms with Crippen LogP contribution in [0, 0.1) is 0 Å². The summed E-state index contributed by atoms with van der Waals surface area (Å²) in [7, 11) is 1.95. The topological polar surface area (TPSA) is 46.3 Å². The maximum absolute atomic E-state index is 10.5. The molecule has 1 heterocycles. The third-order valence-corrected chi connectivity index (χ3v) is 1.41. The molecule has 1 aliphatic heterocycles. The standard InChI is InChI=1S/C6H10N2O/c1-8-3-2-5(4-8)6(7)9/h2H,3-4H2,1H3,(H2,7,9). The smallest absolute Gasteiger partial charge is 0.245 e. The van der Waals surface area contributed by atoms with Crippen LogP contribution < -0.4 is 5.73 Å². The minimum atomic E-state index is -0.292. The minimum absolute atomic E-state index is 0.292. The van der Waals surface area contributed by atoms with E-state index >= 15 is 0 Å². The van der Waals surface area contributed by atoms with E-state index in [0.717, 1.165) is 12.1 Å². The van der Waals surface area contributed by atoms with Crippen LogP contribution in [0.4, 0.5) is 0 Å². The van der Waals surface area contributed by atoms with Gasteiger partial charge in [0.05, 0.1) is 0 Å². The van der Waals surface area contributed by atoms with Crippen molar-refractivity contribution in [3.05, 3.63) is 11.6 Å². The van der Waals surface area contributed by atoms with Crippen LogP contribution in [0.15, 0.2) is 11.6 Å². The van der Waals surface area contributed by atoms with Gasteiger partial charge in [-0.25, -0.2) is 0 Å². The quantitative estimate of drug-likeness (QED) is 0.507. The van der Waals surface area contributed by atoms with Gasteiger partial charge in [0.1, 0.15) is 0 Å². The number of primary amides is 1. The lowest BCUT2D eigenvalue weighted by molar-refractivity contribution is -0.114. The first kappa shape index (κ1) is 6.29. The van der Waals surface area contributed by atoms with Crippen LogP contribution in [0.1, 0.15) is 0 Å². The maximum Gasteiger partial charge on any atom is 0.245 e. The van der Waals surface area contributed by atoms with Crippen LogP contribution in [0.3, 0.4) is 0 Å². The highest BCUT2D eigenvalue weighted by atomic mass is 16.1. The molecule has 0 saturated heterocycles. The molecule has 0 fully saturated rings. The minimum Gasteiger partial charge on any atom is -0.366 e. The number of likely N-dealkylation sites (N-methyl/N-ethyl adjacent to an activating group) is 1. The molecule has 0 aromatic heterocycles. The fraction of sp³-hybridized carbons (Fsp3) is 0.500. The SMILES string of the molecule is CN1CC=C(C(N)=O)C1. The van der Waals surface area contributed by atoms with Gasteiger partial charge in [0, 0.05) is 18.7 Å². The Morgan fingerprint density at radius 3 is 2.78 bits per heavy atom. The zero-order valence-corrected chi connectivity index (χ0v) is 5.42. The molecule has 9 heavy (non-hydrogen) atoms. The number of nitrogens with two attached hydrogens (primary N) is 1. The third-order valence-electron chi connectivity index (χ3n) is 1.41. The van der Waals surface area contributed by atoms with Crippen molar-refractivity contribution in [2.75, 3.05) is 20.1 Å². The van der Waals surface area contributed by atoms with E-state index in [1.807, 2.05) is 18.0 Å². The Morgan fingerprint density at radius 1 is 1.89 bits per heavy atom. The molecule has 3 nitrogen and oxygen atoms in total. The van der Waals surface area contributed by atoms with Crippen molar-refractivity contribution in [1.29, 1.82) is 0 Å². The van der Waals surface area contributed by atoms with Crippen molar-refractivity contribution in [2.45, 2.75) is 0 Å². The molecule has 0 spiro atoms. The van der Waals surface area contributed by atoms with Crippen LogP contribution in [0.5, 0.6) is 0 Å². The molecule has 0 saturated carbocycles. The molecule has 0 atom stereocenters. The van der Waals surface area contributed by atoms with Crippen molar-refractivity contribution in [1.82, 2.24) is 4.90 Å². The van der Waals surface area contributed by atoms with Crippen LogP contribution in [0.2, 0.25) is 0 Å². The van der Waals surface area contributed by atoms with Crippen LogP contribution >= 0.6 is 0 Å². The number of carbonyl (C=O) groups excluding carboxylic acids is 1. The van der Waals surface area contributed by atoms with Gasteiger partial charge in [0.25, 0.3) is 0 Å². The van der Waals surface area contributed by atoms with Gasteiger partial charge in [0.15, 0.2) is 0 Å². The summed E-state index contributed by atoms with van der Waals surface area (Å²) in [6, 6.07) is 0. The van der Waals surface area contributed by atoms with E-state index in [0.29, 0.717) is 6.54 Å². The Hall–Kier alpha value is -0.830. The van der Waals surface area contributed by atoms with E-state index in [1.165, 1.54) is 0 Å². The van der Waals surface area contributed by atoms with Gasteiger partial charge in [-0.05, 0) is 7.05 Å². The number of hydrogen-bond acceptors (Lipinski definition) is 2. The molecule has 50 valence electrons. The number of amides is 1. The molecule has 0 radical (unpaired) electrons. The zero-order chi connectivity index (χ0) is 6.85. The average molecular weight is 126 g/mol. The highest BCUT2D eigenvalue weighted by Gasteiger charge is 2.12. The number of carbonyl (C=O) groups is 1. The number of nitrogens with zero attached hydrogens (tertiary/aromatic N) is 1. The largest absolute Gasteiger partial charge is 0.366 e. The molecule has 1 aliphatic rings.